The molecule has 3 heteroatoms. The molecule has 112 valence electrons. The molecule has 0 amide bonds. The van der Waals surface area contributed by atoms with Crippen molar-refractivity contribution < 1.29 is 4.74 Å². The van der Waals surface area contributed by atoms with E-state index in [1.54, 1.807) is 0 Å². The molecular formula is C17H26BrNO. The number of benzene rings is 1. The molecule has 1 aromatic rings. The lowest BCUT2D eigenvalue weighted by Gasteiger charge is -2.32. The Balaban J connectivity index is 2.04. The monoisotopic (exact) mass is 339 g/mol. The van der Waals surface area contributed by atoms with Gasteiger partial charge in [-0.05, 0) is 55.8 Å². The van der Waals surface area contributed by atoms with Crippen LogP contribution in [0.4, 0.5) is 0 Å². The fourth-order valence-corrected chi connectivity index (χ4v) is 3.25. The molecule has 3 atom stereocenters. The van der Waals surface area contributed by atoms with Crippen molar-refractivity contribution in [3.63, 3.8) is 0 Å². The summed E-state index contributed by atoms with van der Waals surface area (Å²) < 4.78 is 7.41. The van der Waals surface area contributed by atoms with Crippen LogP contribution in [0, 0.1) is 11.8 Å². The Morgan fingerprint density at radius 3 is 2.75 bits per heavy atom. The predicted molar refractivity (Wildman–Crippen MR) is 88.1 cm³/mol. The minimum Gasteiger partial charge on any atom is -0.490 e. The lowest BCUT2D eigenvalue weighted by atomic mass is 9.80. The largest absolute Gasteiger partial charge is 0.490 e. The van der Waals surface area contributed by atoms with Crippen LogP contribution in [-0.4, -0.2) is 12.6 Å². The summed E-state index contributed by atoms with van der Waals surface area (Å²) in [5, 5.41) is 3.38. The topological polar surface area (TPSA) is 21.3 Å². The van der Waals surface area contributed by atoms with Crippen molar-refractivity contribution in [2.45, 2.75) is 52.7 Å². The minimum absolute atomic E-state index is 0.378. The van der Waals surface area contributed by atoms with Crippen LogP contribution in [0.15, 0.2) is 22.7 Å². The van der Waals surface area contributed by atoms with Gasteiger partial charge in [0.25, 0.3) is 0 Å². The van der Waals surface area contributed by atoms with Gasteiger partial charge >= 0.3 is 0 Å². The van der Waals surface area contributed by atoms with E-state index in [1.807, 2.05) is 0 Å². The van der Waals surface area contributed by atoms with Gasteiger partial charge in [0, 0.05) is 16.6 Å². The highest BCUT2D eigenvalue weighted by atomic mass is 79.9. The molecule has 2 nitrogen and oxygen atoms in total. The summed E-state index contributed by atoms with van der Waals surface area (Å²) in [7, 11) is 0. The molecule has 0 saturated heterocycles. The molecule has 3 unspecified atom stereocenters. The van der Waals surface area contributed by atoms with Crippen LogP contribution in [0.1, 0.15) is 45.6 Å². The van der Waals surface area contributed by atoms with Gasteiger partial charge in [-0.1, -0.05) is 36.7 Å². The van der Waals surface area contributed by atoms with E-state index in [0.717, 1.165) is 35.1 Å². The molecular weight excluding hydrogens is 314 g/mol. The molecule has 20 heavy (non-hydrogen) atoms. The Kier molecular flexibility index (Phi) is 5.91. The van der Waals surface area contributed by atoms with Gasteiger partial charge in [0.2, 0.25) is 0 Å². The molecule has 1 aromatic carbocycles. The number of hydrogen-bond donors (Lipinski definition) is 1. The lowest BCUT2D eigenvalue weighted by molar-refractivity contribution is 0.0996. The third-order valence-electron chi connectivity index (χ3n) is 4.43. The number of ether oxygens (including phenoxy) is 1. The summed E-state index contributed by atoms with van der Waals surface area (Å²) >= 11 is 3.55. The van der Waals surface area contributed by atoms with Crippen LogP contribution in [0.2, 0.25) is 0 Å². The van der Waals surface area contributed by atoms with Crippen molar-refractivity contribution in [3.8, 4) is 5.75 Å². The zero-order valence-electron chi connectivity index (χ0n) is 12.8. The molecule has 1 aliphatic carbocycles. The van der Waals surface area contributed by atoms with Crippen LogP contribution in [0.3, 0.4) is 0 Å². The second kappa shape index (κ2) is 7.46. The van der Waals surface area contributed by atoms with Crippen molar-refractivity contribution in [1.82, 2.24) is 5.32 Å². The standard InChI is InChI=1S/C17H26BrNO/c1-4-19-11-14-10-15(18)6-8-17(14)20-16-7-5-12(2)13(3)9-16/h6,8,10,12-13,16,19H,4-5,7,9,11H2,1-3H3. The molecule has 1 fully saturated rings. The first-order chi connectivity index (χ1) is 9.60. The quantitative estimate of drug-likeness (QED) is 0.834. The number of nitrogens with one attached hydrogen (secondary N) is 1. The second-order valence-electron chi connectivity index (χ2n) is 6.04. The normalized spacial score (nSPS) is 26.5. The molecule has 0 radical (unpaired) electrons. The lowest BCUT2D eigenvalue weighted by Crippen LogP contribution is -2.29. The van der Waals surface area contributed by atoms with Crippen molar-refractivity contribution in [3.05, 3.63) is 28.2 Å². The molecule has 0 bridgehead atoms. The van der Waals surface area contributed by atoms with E-state index >= 15 is 0 Å². The molecule has 0 aromatic heterocycles. The highest BCUT2D eigenvalue weighted by Gasteiger charge is 2.26. The highest BCUT2D eigenvalue weighted by Crippen LogP contribution is 2.33. The average molecular weight is 340 g/mol. The third-order valence-corrected chi connectivity index (χ3v) is 4.92. The summed E-state index contributed by atoms with van der Waals surface area (Å²) in [5.41, 5.74) is 1.24. The van der Waals surface area contributed by atoms with E-state index in [0.29, 0.717) is 6.10 Å². The molecule has 1 aliphatic rings. The molecule has 1 saturated carbocycles. The SMILES string of the molecule is CCNCc1cc(Br)ccc1OC1CCC(C)C(C)C1. The van der Waals surface area contributed by atoms with Crippen LogP contribution in [0.25, 0.3) is 0 Å². The van der Waals surface area contributed by atoms with E-state index in [-0.39, 0.29) is 0 Å². The third kappa shape index (κ3) is 4.23. The maximum absolute atomic E-state index is 6.30. The van der Waals surface area contributed by atoms with Gasteiger partial charge < -0.3 is 10.1 Å². The Morgan fingerprint density at radius 1 is 1.25 bits per heavy atom. The Hall–Kier alpha value is -0.540. The molecule has 0 heterocycles. The summed E-state index contributed by atoms with van der Waals surface area (Å²) in [5.74, 6) is 2.64. The second-order valence-corrected chi connectivity index (χ2v) is 6.96. The first kappa shape index (κ1) is 15.8. The van der Waals surface area contributed by atoms with Gasteiger partial charge in [0.05, 0.1) is 6.10 Å². The van der Waals surface area contributed by atoms with Crippen LogP contribution < -0.4 is 10.1 Å². The van der Waals surface area contributed by atoms with E-state index in [2.05, 4.69) is 60.2 Å². The first-order valence-corrected chi connectivity index (χ1v) is 8.55. The molecule has 0 spiro atoms. The molecule has 1 N–H and O–H groups in total. The Bertz CT molecular complexity index is 435. The summed E-state index contributed by atoms with van der Waals surface area (Å²) in [6, 6.07) is 6.33. The molecule has 2 rings (SSSR count). The van der Waals surface area contributed by atoms with E-state index in [9.17, 15) is 0 Å². The first-order valence-electron chi connectivity index (χ1n) is 7.76. The predicted octanol–water partition coefficient (Wildman–Crippen LogP) is 4.76. The summed E-state index contributed by atoms with van der Waals surface area (Å²) in [4.78, 5) is 0. The van der Waals surface area contributed by atoms with Gasteiger partial charge in [0.1, 0.15) is 5.75 Å². The van der Waals surface area contributed by atoms with Crippen molar-refractivity contribution in [1.29, 1.82) is 0 Å². The van der Waals surface area contributed by atoms with Gasteiger partial charge in [-0.3, -0.25) is 0 Å². The van der Waals surface area contributed by atoms with E-state index in [4.69, 9.17) is 4.74 Å². The van der Waals surface area contributed by atoms with Crippen molar-refractivity contribution >= 4 is 15.9 Å². The number of rotatable bonds is 5. The van der Waals surface area contributed by atoms with Crippen molar-refractivity contribution in [2.75, 3.05) is 6.54 Å². The van der Waals surface area contributed by atoms with E-state index < -0.39 is 0 Å². The highest BCUT2D eigenvalue weighted by molar-refractivity contribution is 9.10. The summed E-state index contributed by atoms with van der Waals surface area (Å²) in [6.07, 6.45) is 4.02. The van der Waals surface area contributed by atoms with Crippen LogP contribution in [-0.2, 0) is 6.54 Å². The van der Waals surface area contributed by atoms with Crippen LogP contribution in [0.5, 0.6) is 5.75 Å². The summed E-state index contributed by atoms with van der Waals surface area (Å²) in [6.45, 7) is 8.68. The molecule has 0 aliphatic heterocycles. The van der Waals surface area contributed by atoms with Gasteiger partial charge in [-0.15, -0.1) is 0 Å². The van der Waals surface area contributed by atoms with Gasteiger partial charge in [0.15, 0.2) is 0 Å². The zero-order valence-corrected chi connectivity index (χ0v) is 14.4. The van der Waals surface area contributed by atoms with E-state index in [1.165, 1.54) is 24.8 Å². The smallest absolute Gasteiger partial charge is 0.124 e. The Morgan fingerprint density at radius 2 is 2.05 bits per heavy atom. The minimum atomic E-state index is 0.378. The zero-order chi connectivity index (χ0) is 14.5. The maximum Gasteiger partial charge on any atom is 0.124 e. The maximum atomic E-state index is 6.30. The number of hydrogen-bond acceptors (Lipinski definition) is 2. The fraction of sp³-hybridized carbons (Fsp3) is 0.647. The van der Waals surface area contributed by atoms with Crippen molar-refractivity contribution in [2.24, 2.45) is 11.8 Å². The van der Waals surface area contributed by atoms with Crippen LogP contribution >= 0.6 is 15.9 Å². The fourth-order valence-electron chi connectivity index (χ4n) is 2.85. The number of halogens is 1. The Labute approximate surface area is 131 Å². The average Bonchev–Trinajstić information content (AvgIpc) is 2.43. The van der Waals surface area contributed by atoms with Gasteiger partial charge in [-0.2, -0.15) is 0 Å². The van der Waals surface area contributed by atoms with Gasteiger partial charge in [-0.25, -0.2) is 0 Å².